The van der Waals surface area contributed by atoms with Crippen LogP contribution in [0.4, 0.5) is 4.79 Å². The van der Waals surface area contributed by atoms with Gasteiger partial charge in [0.05, 0.1) is 6.61 Å². The van der Waals surface area contributed by atoms with Crippen LogP contribution in [0.3, 0.4) is 0 Å². The first-order valence-corrected chi connectivity index (χ1v) is 7.76. The zero-order chi connectivity index (χ0) is 15.7. The molecule has 2 atom stereocenters. The lowest BCUT2D eigenvalue weighted by Gasteiger charge is -2.32. The van der Waals surface area contributed by atoms with E-state index in [2.05, 4.69) is 5.32 Å². The smallest absolute Gasteiger partial charge is 0.317 e. The van der Waals surface area contributed by atoms with Crippen molar-refractivity contribution in [3.63, 3.8) is 0 Å². The van der Waals surface area contributed by atoms with E-state index in [-0.39, 0.29) is 12.5 Å². The topological polar surface area (TPSA) is 78.9 Å². The van der Waals surface area contributed by atoms with E-state index in [1.165, 1.54) is 0 Å². The van der Waals surface area contributed by atoms with Crippen LogP contribution >= 0.6 is 0 Å². The first kappa shape index (κ1) is 17.8. The van der Waals surface area contributed by atoms with Gasteiger partial charge in [-0.15, -0.1) is 0 Å². The van der Waals surface area contributed by atoms with Gasteiger partial charge in [-0.3, -0.25) is 4.79 Å². The molecule has 0 radical (unpaired) electrons. The number of urea groups is 1. The van der Waals surface area contributed by atoms with E-state index in [0.717, 1.165) is 32.4 Å². The Morgan fingerprint density at radius 3 is 2.86 bits per heavy atom. The third-order valence-electron chi connectivity index (χ3n) is 3.97. The van der Waals surface area contributed by atoms with E-state index in [1.54, 1.807) is 7.11 Å². The van der Waals surface area contributed by atoms with Gasteiger partial charge in [0.15, 0.2) is 0 Å². The Bertz CT molecular complexity index is 334. The molecule has 1 aliphatic heterocycles. The molecule has 1 aliphatic rings. The molecule has 0 aromatic heterocycles. The fourth-order valence-electron chi connectivity index (χ4n) is 2.67. The van der Waals surface area contributed by atoms with Crippen LogP contribution in [0.15, 0.2) is 0 Å². The van der Waals surface area contributed by atoms with Crippen molar-refractivity contribution in [3.8, 4) is 0 Å². The van der Waals surface area contributed by atoms with Crippen LogP contribution in [0, 0.1) is 11.8 Å². The zero-order valence-corrected chi connectivity index (χ0v) is 13.1. The lowest BCUT2D eigenvalue weighted by atomic mass is 9.99. The number of rotatable bonds is 8. The molecule has 21 heavy (non-hydrogen) atoms. The molecule has 2 unspecified atom stereocenters. The molecule has 6 nitrogen and oxygen atoms in total. The van der Waals surface area contributed by atoms with Gasteiger partial charge < -0.3 is 20.1 Å². The Hall–Kier alpha value is -1.30. The minimum Gasteiger partial charge on any atom is -0.481 e. The van der Waals surface area contributed by atoms with Crippen molar-refractivity contribution in [2.24, 2.45) is 11.8 Å². The first-order chi connectivity index (χ1) is 10.0. The highest BCUT2D eigenvalue weighted by molar-refractivity contribution is 5.74. The van der Waals surface area contributed by atoms with E-state index in [9.17, 15) is 9.59 Å². The second kappa shape index (κ2) is 9.60. The summed E-state index contributed by atoms with van der Waals surface area (Å²) in [5.41, 5.74) is 0. The normalized spacial score (nSPS) is 20.1. The lowest BCUT2D eigenvalue weighted by Crippen LogP contribution is -2.46. The standard InChI is InChI=1S/C15H28N2O4/c1-12(5-6-14(18)19)7-8-16-15(20)17-9-3-4-13(10-17)11-21-2/h12-13H,3-11H2,1-2H3,(H,16,20)(H,18,19). The largest absolute Gasteiger partial charge is 0.481 e. The van der Waals surface area contributed by atoms with Gasteiger partial charge >= 0.3 is 12.0 Å². The second-order valence-electron chi connectivity index (χ2n) is 5.97. The molecule has 0 spiro atoms. The maximum Gasteiger partial charge on any atom is 0.317 e. The molecule has 0 saturated carbocycles. The maximum absolute atomic E-state index is 12.1. The number of methoxy groups -OCH3 is 1. The number of likely N-dealkylation sites (tertiary alicyclic amines) is 1. The molecule has 0 aromatic carbocycles. The Balaban J connectivity index is 2.19. The van der Waals surface area contributed by atoms with Gasteiger partial charge in [0.1, 0.15) is 0 Å². The van der Waals surface area contributed by atoms with Crippen LogP contribution in [0.5, 0.6) is 0 Å². The maximum atomic E-state index is 12.1. The van der Waals surface area contributed by atoms with Gasteiger partial charge in [-0.05, 0) is 31.6 Å². The highest BCUT2D eigenvalue weighted by Gasteiger charge is 2.23. The zero-order valence-electron chi connectivity index (χ0n) is 13.1. The number of carbonyl (C=O) groups excluding carboxylic acids is 1. The van der Waals surface area contributed by atoms with Crippen molar-refractivity contribution in [2.75, 3.05) is 33.4 Å². The molecule has 1 heterocycles. The van der Waals surface area contributed by atoms with E-state index in [4.69, 9.17) is 9.84 Å². The fourth-order valence-corrected chi connectivity index (χ4v) is 2.67. The molecule has 122 valence electrons. The van der Waals surface area contributed by atoms with E-state index < -0.39 is 5.97 Å². The summed E-state index contributed by atoms with van der Waals surface area (Å²) >= 11 is 0. The number of hydrogen-bond acceptors (Lipinski definition) is 3. The number of piperidine rings is 1. The van der Waals surface area contributed by atoms with Crippen molar-refractivity contribution in [2.45, 2.75) is 39.0 Å². The predicted octanol–water partition coefficient (Wildman–Crippen LogP) is 1.95. The average molecular weight is 300 g/mol. The Morgan fingerprint density at radius 2 is 2.19 bits per heavy atom. The van der Waals surface area contributed by atoms with E-state index in [1.807, 2.05) is 11.8 Å². The summed E-state index contributed by atoms with van der Waals surface area (Å²) in [6.45, 7) is 4.89. The van der Waals surface area contributed by atoms with Crippen LogP contribution in [0.25, 0.3) is 0 Å². The predicted molar refractivity (Wildman–Crippen MR) is 80.2 cm³/mol. The number of aliphatic carboxylic acids is 1. The first-order valence-electron chi connectivity index (χ1n) is 7.76. The molecule has 1 rings (SSSR count). The summed E-state index contributed by atoms with van der Waals surface area (Å²) in [5, 5.41) is 11.6. The monoisotopic (exact) mass is 300 g/mol. The quantitative estimate of drug-likeness (QED) is 0.718. The van der Waals surface area contributed by atoms with Crippen molar-refractivity contribution >= 4 is 12.0 Å². The van der Waals surface area contributed by atoms with Crippen molar-refractivity contribution in [3.05, 3.63) is 0 Å². The Morgan fingerprint density at radius 1 is 1.43 bits per heavy atom. The van der Waals surface area contributed by atoms with E-state index >= 15 is 0 Å². The minimum atomic E-state index is -0.761. The number of ether oxygens (including phenoxy) is 1. The third-order valence-corrected chi connectivity index (χ3v) is 3.97. The number of carbonyl (C=O) groups is 2. The van der Waals surface area contributed by atoms with Crippen LogP contribution in [-0.4, -0.2) is 55.4 Å². The summed E-state index contributed by atoms with van der Waals surface area (Å²) in [4.78, 5) is 24.4. The van der Waals surface area contributed by atoms with E-state index in [0.29, 0.717) is 31.4 Å². The van der Waals surface area contributed by atoms with Crippen molar-refractivity contribution in [1.82, 2.24) is 10.2 Å². The van der Waals surface area contributed by atoms with Crippen molar-refractivity contribution < 1.29 is 19.4 Å². The molecular weight excluding hydrogens is 272 g/mol. The van der Waals surface area contributed by atoms with Gasteiger partial charge in [-0.1, -0.05) is 6.92 Å². The van der Waals surface area contributed by atoms with Crippen LogP contribution in [0.1, 0.15) is 39.0 Å². The van der Waals surface area contributed by atoms with Gasteiger partial charge in [-0.2, -0.15) is 0 Å². The van der Waals surface area contributed by atoms with Gasteiger partial charge in [0.25, 0.3) is 0 Å². The summed E-state index contributed by atoms with van der Waals surface area (Å²) < 4.78 is 5.16. The Labute approximate surface area is 126 Å². The average Bonchev–Trinajstić information content (AvgIpc) is 2.45. The lowest BCUT2D eigenvalue weighted by molar-refractivity contribution is -0.137. The number of nitrogens with one attached hydrogen (secondary N) is 1. The van der Waals surface area contributed by atoms with Gasteiger partial charge in [0.2, 0.25) is 0 Å². The fraction of sp³-hybridized carbons (Fsp3) is 0.867. The summed E-state index contributed by atoms with van der Waals surface area (Å²) in [6, 6.07) is -0.0127. The molecule has 6 heteroatoms. The van der Waals surface area contributed by atoms with Gasteiger partial charge in [-0.25, -0.2) is 4.79 Å². The minimum absolute atomic E-state index is 0.0127. The summed E-state index contributed by atoms with van der Waals surface area (Å²) in [5.74, 6) is -0.0172. The highest BCUT2D eigenvalue weighted by atomic mass is 16.5. The number of carboxylic acids is 1. The molecule has 1 fully saturated rings. The molecule has 0 aromatic rings. The summed E-state index contributed by atoms with van der Waals surface area (Å²) in [7, 11) is 1.69. The second-order valence-corrected chi connectivity index (χ2v) is 5.97. The Kier molecular flexibility index (Phi) is 8.12. The van der Waals surface area contributed by atoms with Crippen molar-refractivity contribution in [1.29, 1.82) is 0 Å². The molecule has 0 aliphatic carbocycles. The number of hydrogen-bond donors (Lipinski definition) is 2. The van der Waals surface area contributed by atoms with Crippen LogP contribution in [0.2, 0.25) is 0 Å². The van der Waals surface area contributed by atoms with Crippen LogP contribution in [-0.2, 0) is 9.53 Å². The molecular formula is C15H28N2O4. The van der Waals surface area contributed by atoms with Crippen LogP contribution < -0.4 is 5.32 Å². The highest BCUT2D eigenvalue weighted by Crippen LogP contribution is 2.16. The number of nitrogens with zero attached hydrogens (tertiary/aromatic N) is 1. The molecule has 2 N–H and O–H groups in total. The number of amides is 2. The van der Waals surface area contributed by atoms with Gasteiger partial charge in [0, 0.05) is 39.1 Å². The summed E-state index contributed by atoms with van der Waals surface area (Å²) in [6.07, 6.45) is 3.80. The molecule has 2 amide bonds. The molecule has 0 bridgehead atoms. The third kappa shape index (κ3) is 7.32. The molecule has 1 saturated heterocycles. The number of carboxylic acid groups (broad SMARTS) is 1. The SMILES string of the molecule is COCC1CCCN(C(=O)NCCC(C)CCC(=O)O)C1.